The summed E-state index contributed by atoms with van der Waals surface area (Å²) in [5.41, 5.74) is 0. The molecule has 0 unspecified atom stereocenters. The Bertz CT molecular complexity index is 655. The predicted octanol–water partition coefficient (Wildman–Crippen LogP) is 0.173. The summed E-state index contributed by atoms with van der Waals surface area (Å²) in [7, 11) is -1.05. The average Bonchev–Trinajstić information content (AvgIpc) is 2.61. The molecule has 0 atom stereocenters. The standard InChI is InChI=1S/C15H25N5O3S/c1-18(13-3-9-23-10-4-13)14-11-15(17-12-16-14)19-5-7-20(8-6-19)24(2,21)22/h11-13H,3-10H2,1-2H3. The zero-order chi connectivity index (χ0) is 17.2. The second-order valence-corrected chi connectivity index (χ2v) is 8.32. The highest BCUT2D eigenvalue weighted by Gasteiger charge is 2.25. The Balaban J connectivity index is 1.67. The van der Waals surface area contributed by atoms with Gasteiger partial charge in [-0.1, -0.05) is 0 Å². The zero-order valence-electron chi connectivity index (χ0n) is 14.3. The molecule has 0 aliphatic carbocycles. The van der Waals surface area contributed by atoms with E-state index in [4.69, 9.17) is 4.74 Å². The van der Waals surface area contributed by atoms with Gasteiger partial charge in [-0.25, -0.2) is 18.4 Å². The van der Waals surface area contributed by atoms with Crippen LogP contribution >= 0.6 is 0 Å². The van der Waals surface area contributed by atoms with Gasteiger partial charge >= 0.3 is 0 Å². The molecule has 2 aliphatic heterocycles. The quantitative estimate of drug-likeness (QED) is 0.762. The van der Waals surface area contributed by atoms with Crippen LogP contribution in [0, 0.1) is 0 Å². The van der Waals surface area contributed by atoms with E-state index in [0.29, 0.717) is 32.2 Å². The first-order valence-corrected chi connectivity index (χ1v) is 10.1. The van der Waals surface area contributed by atoms with E-state index in [0.717, 1.165) is 37.7 Å². The molecule has 2 aliphatic rings. The van der Waals surface area contributed by atoms with Gasteiger partial charge in [0.2, 0.25) is 10.0 Å². The van der Waals surface area contributed by atoms with Gasteiger partial charge in [0.15, 0.2) is 0 Å². The molecular formula is C15H25N5O3S. The fourth-order valence-electron chi connectivity index (χ4n) is 3.21. The molecule has 0 saturated carbocycles. The van der Waals surface area contributed by atoms with Crippen LogP contribution in [0.15, 0.2) is 12.4 Å². The number of aromatic nitrogens is 2. The van der Waals surface area contributed by atoms with Crippen molar-refractivity contribution < 1.29 is 13.2 Å². The Morgan fingerprint density at radius 2 is 1.83 bits per heavy atom. The highest BCUT2D eigenvalue weighted by molar-refractivity contribution is 7.88. The molecule has 2 fully saturated rings. The summed E-state index contributed by atoms with van der Waals surface area (Å²) in [6, 6.07) is 2.43. The van der Waals surface area contributed by atoms with Crippen molar-refractivity contribution in [1.82, 2.24) is 14.3 Å². The molecule has 0 radical (unpaired) electrons. The lowest BCUT2D eigenvalue weighted by Crippen LogP contribution is -2.48. The fraction of sp³-hybridized carbons (Fsp3) is 0.733. The highest BCUT2D eigenvalue weighted by atomic mass is 32.2. The molecule has 0 spiro atoms. The SMILES string of the molecule is CN(c1cc(N2CCN(S(C)(=O)=O)CC2)ncn1)C1CCOCC1. The van der Waals surface area contributed by atoms with Crippen LogP contribution in [-0.2, 0) is 14.8 Å². The molecule has 3 rings (SSSR count). The third-order valence-corrected chi connectivity index (χ3v) is 6.07. The van der Waals surface area contributed by atoms with Crippen molar-refractivity contribution in [3.63, 3.8) is 0 Å². The molecule has 134 valence electrons. The van der Waals surface area contributed by atoms with Gasteiger partial charge in [0.25, 0.3) is 0 Å². The Hall–Kier alpha value is -1.45. The predicted molar refractivity (Wildman–Crippen MR) is 92.9 cm³/mol. The second-order valence-electron chi connectivity index (χ2n) is 6.34. The monoisotopic (exact) mass is 355 g/mol. The number of anilines is 2. The van der Waals surface area contributed by atoms with Gasteiger partial charge in [-0.05, 0) is 12.8 Å². The van der Waals surface area contributed by atoms with E-state index in [1.54, 1.807) is 6.33 Å². The van der Waals surface area contributed by atoms with Gasteiger partial charge in [0, 0.05) is 58.5 Å². The van der Waals surface area contributed by atoms with Crippen LogP contribution in [0.2, 0.25) is 0 Å². The van der Waals surface area contributed by atoms with Crippen LogP contribution in [0.4, 0.5) is 11.6 Å². The summed E-state index contributed by atoms with van der Waals surface area (Å²) in [6.07, 6.45) is 4.85. The molecule has 0 aromatic carbocycles. The van der Waals surface area contributed by atoms with E-state index in [-0.39, 0.29) is 0 Å². The van der Waals surface area contributed by atoms with E-state index < -0.39 is 10.0 Å². The largest absolute Gasteiger partial charge is 0.381 e. The summed E-state index contributed by atoms with van der Waals surface area (Å²) in [4.78, 5) is 13.1. The third-order valence-electron chi connectivity index (χ3n) is 4.77. The number of rotatable bonds is 4. The van der Waals surface area contributed by atoms with Crippen molar-refractivity contribution in [2.75, 3.05) is 62.5 Å². The van der Waals surface area contributed by atoms with E-state index in [1.165, 1.54) is 10.6 Å². The molecule has 9 heteroatoms. The molecule has 0 amide bonds. The molecule has 0 bridgehead atoms. The number of piperazine rings is 1. The molecule has 8 nitrogen and oxygen atoms in total. The van der Waals surface area contributed by atoms with Crippen molar-refractivity contribution in [2.45, 2.75) is 18.9 Å². The first-order valence-electron chi connectivity index (χ1n) is 8.28. The number of sulfonamides is 1. The summed E-state index contributed by atoms with van der Waals surface area (Å²) in [5, 5.41) is 0. The van der Waals surface area contributed by atoms with Crippen molar-refractivity contribution >= 4 is 21.7 Å². The summed E-state index contributed by atoms with van der Waals surface area (Å²) in [6.45, 7) is 3.86. The molecule has 1 aromatic heterocycles. The minimum Gasteiger partial charge on any atom is -0.381 e. The van der Waals surface area contributed by atoms with E-state index in [9.17, 15) is 8.42 Å². The van der Waals surface area contributed by atoms with Gasteiger partial charge in [0.05, 0.1) is 6.26 Å². The zero-order valence-corrected chi connectivity index (χ0v) is 15.1. The average molecular weight is 355 g/mol. The number of ether oxygens (including phenoxy) is 1. The summed E-state index contributed by atoms with van der Waals surface area (Å²) < 4.78 is 30.2. The van der Waals surface area contributed by atoms with Gasteiger partial charge in [-0.2, -0.15) is 4.31 Å². The smallest absolute Gasteiger partial charge is 0.211 e. The van der Waals surface area contributed by atoms with Crippen LogP contribution in [0.25, 0.3) is 0 Å². The molecule has 3 heterocycles. The topological polar surface area (TPSA) is 78.9 Å². The minimum atomic E-state index is -3.11. The summed E-state index contributed by atoms with van der Waals surface area (Å²) in [5.74, 6) is 1.75. The number of hydrogen-bond donors (Lipinski definition) is 0. The van der Waals surface area contributed by atoms with Crippen LogP contribution in [-0.4, -0.2) is 81.4 Å². The molecular weight excluding hydrogens is 330 g/mol. The van der Waals surface area contributed by atoms with Crippen molar-refractivity contribution in [3.8, 4) is 0 Å². The lowest BCUT2D eigenvalue weighted by atomic mass is 10.1. The van der Waals surface area contributed by atoms with Crippen LogP contribution < -0.4 is 9.80 Å². The Kier molecular flexibility index (Phi) is 5.21. The van der Waals surface area contributed by atoms with Gasteiger partial charge in [0.1, 0.15) is 18.0 Å². The number of hydrogen-bond acceptors (Lipinski definition) is 7. The van der Waals surface area contributed by atoms with Crippen LogP contribution in [0.5, 0.6) is 0 Å². The van der Waals surface area contributed by atoms with E-state index in [1.807, 2.05) is 6.07 Å². The maximum atomic E-state index is 11.6. The van der Waals surface area contributed by atoms with Gasteiger partial charge < -0.3 is 14.5 Å². The maximum absolute atomic E-state index is 11.6. The minimum absolute atomic E-state index is 0.434. The Labute approximate surface area is 143 Å². The van der Waals surface area contributed by atoms with Gasteiger partial charge in [-0.3, -0.25) is 0 Å². The van der Waals surface area contributed by atoms with Crippen molar-refractivity contribution in [3.05, 3.63) is 12.4 Å². The molecule has 2 saturated heterocycles. The van der Waals surface area contributed by atoms with Crippen LogP contribution in [0.1, 0.15) is 12.8 Å². The van der Waals surface area contributed by atoms with Crippen LogP contribution in [0.3, 0.4) is 0 Å². The first kappa shape index (κ1) is 17.4. The van der Waals surface area contributed by atoms with E-state index in [2.05, 4.69) is 26.8 Å². The highest BCUT2D eigenvalue weighted by Crippen LogP contribution is 2.23. The van der Waals surface area contributed by atoms with Gasteiger partial charge in [-0.15, -0.1) is 0 Å². The lowest BCUT2D eigenvalue weighted by molar-refractivity contribution is 0.0853. The maximum Gasteiger partial charge on any atom is 0.211 e. The van der Waals surface area contributed by atoms with Crippen molar-refractivity contribution in [2.24, 2.45) is 0 Å². The number of nitrogens with zero attached hydrogens (tertiary/aromatic N) is 5. The second kappa shape index (κ2) is 7.20. The molecule has 24 heavy (non-hydrogen) atoms. The third kappa shape index (κ3) is 3.96. The first-order chi connectivity index (χ1) is 11.4. The van der Waals surface area contributed by atoms with E-state index >= 15 is 0 Å². The fourth-order valence-corrected chi connectivity index (χ4v) is 4.04. The van der Waals surface area contributed by atoms with Crippen molar-refractivity contribution in [1.29, 1.82) is 0 Å². The summed E-state index contributed by atoms with van der Waals surface area (Å²) >= 11 is 0. The molecule has 0 N–H and O–H groups in total. The Morgan fingerprint density at radius 3 is 2.46 bits per heavy atom. The lowest BCUT2D eigenvalue weighted by Gasteiger charge is -2.35. The molecule has 1 aromatic rings. The Morgan fingerprint density at radius 1 is 1.17 bits per heavy atom. The normalized spacial score (nSPS) is 21.0.